The minimum Gasteiger partial charge on any atom is -0.472 e. The monoisotopic (exact) mass is 289 g/mol. The summed E-state index contributed by atoms with van der Waals surface area (Å²) in [7, 11) is 0. The zero-order chi connectivity index (χ0) is 12.1. The minimum atomic E-state index is 0.333. The Hall–Kier alpha value is -1.93. The van der Waals surface area contributed by atoms with Gasteiger partial charge in [-0.1, -0.05) is 6.07 Å². The molecule has 2 aromatic heterocycles. The number of ether oxygens (including phenoxy) is 1. The molecule has 0 radical (unpaired) electrons. The van der Waals surface area contributed by atoms with Crippen LogP contribution in [0.25, 0.3) is 0 Å². The van der Waals surface area contributed by atoms with E-state index in [0.29, 0.717) is 18.1 Å². The third-order valence-electron chi connectivity index (χ3n) is 2.04. The highest BCUT2D eigenvalue weighted by atomic mass is 79.9. The van der Waals surface area contributed by atoms with Crippen molar-refractivity contribution in [3.05, 3.63) is 52.4 Å². The molecular weight excluding hydrogens is 282 g/mol. The highest BCUT2D eigenvalue weighted by molar-refractivity contribution is 9.10. The molecule has 0 fully saturated rings. The number of nitriles is 1. The van der Waals surface area contributed by atoms with Crippen molar-refractivity contribution < 1.29 is 4.74 Å². The van der Waals surface area contributed by atoms with Gasteiger partial charge in [-0.2, -0.15) is 5.26 Å². The van der Waals surface area contributed by atoms with E-state index < -0.39 is 0 Å². The molecule has 2 heterocycles. The van der Waals surface area contributed by atoms with Gasteiger partial charge in [-0.3, -0.25) is 4.98 Å². The van der Waals surface area contributed by atoms with E-state index in [1.807, 2.05) is 18.2 Å². The van der Waals surface area contributed by atoms with Crippen molar-refractivity contribution in [2.75, 3.05) is 0 Å². The maximum Gasteiger partial charge on any atom is 0.232 e. The Kier molecular flexibility index (Phi) is 3.68. The molecule has 0 aliphatic carbocycles. The molecule has 2 rings (SSSR count). The van der Waals surface area contributed by atoms with Crippen molar-refractivity contribution in [1.29, 1.82) is 5.26 Å². The third kappa shape index (κ3) is 3.02. The van der Waals surface area contributed by atoms with Crippen molar-refractivity contribution >= 4 is 15.9 Å². The van der Waals surface area contributed by atoms with Gasteiger partial charge in [0.2, 0.25) is 5.88 Å². The Balaban J connectivity index is 2.12. The quantitative estimate of drug-likeness (QED) is 0.872. The Morgan fingerprint density at radius 2 is 2.29 bits per heavy atom. The number of halogens is 1. The summed E-state index contributed by atoms with van der Waals surface area (Å²) in [5, 5.41) is 8.94. The first-order valence-corrected chi connectivity index (χ1v) is 5.66. The summed E-state index contributed by atoms with van der Waals surface area (Å²) in [4.78, 5) is 8.03. The first-order valence-electron chi connectivity index (χ1n) is 4.87. The van der Waals surface area contributed by atoms with Crippen LogP contribution in [0.3, 0.4) is 0 Å². The van der Waals surface area contributed by atoms with Gasteiger partial charge in [0, 0.05) is 28.6 Å². The maximum atomic E-state index is 8.94. The number of nitrogens with zero attached hydrogens (tertiary/aromatic N) is 3. The van der Waals surface area contributed by atoms with Gasteiger partial charge in [-0.05, 0) is 28.1 Å². The molecule has 0 unspecified atom stereocenters. The van der Waals surface area contributed by atoms with Gasteiger partial charge in [0.15, 0.2) is 0 Å². The molecule has 4 nitrogen and oxygen atoms in total. The molecule has 0 aliphatic rings. The Morgan fingerprint density at radius 1 is 1.41 bits per heavy atom. The third-order valence-corrected chi connectivity index (χ3v) is 2.47. The second kappa shape index (κ2) is 5.41. The molecule has 17 heavy (non-hydrogen) atoms. The Bertz CT molecular complexity index is 551. The lowest BCUT2D eigenvalue weighted by Gasteiger charge is -2.06. The molecule has 0 amide bonds. The van der Waals surface area contributed by atoms with Gasteiger partial charge >= 0.3 is 0 Å². The number of hydrogen-bond donors (Lipinski definition) is 0. The summed E-state index contributed by atoms with van der Waals surface area (Å²) in [5.41, 5.74) is 1.34. The molecule has 0 saturated carbocycles. The van der Waals surface area contributed by atoms with E-state index in [9.17, 15) is 0 Å². The fourth-order valence-corrected chi connectivity index (χ4v) is 1.59. The van der Waals surface area contributed by atoms with Crippen LogP contribution < -0.4 is 4.74 Å². The van der Waals surface area contributed by atoms with Crippen molar-refractivity contribution in [2.45, 2.75) is 6.61 Å². The van der Waals surface area contributed by atoms with Crippen molar-refractivity contribution in [3.63, 3.8) is 0 Å². The standard InChI is InChI=1S/C12H8BrN3O/c13-11-4-10(5-14)12(16-7-11)17-8-9-2-1-3-15-6-9/h1-4,6-7H,8H2. The highest BCUT2D eigenvalue weighted by Gasteiger charge is 2.05. The van der Waals surface area contributed by atoms with Crippen LogP contribution in [0.4, 0.5) is 0 Å². The van der Waals surface area contributed by atoms with E-state index in [2.05, 4.69) is 25.9 Å². The predicted molar refractivity (Wildman–Crippen MR) is 65.2 cm³/mol. The van der Waals surface area contributed by atoms with Gasteiger partial charge in [-0.25, -0.2) is 4.98 Å². The number of hydrogen-bond acceptors (Lipinski definition) is 4. The van der Waals surface area contributed by atoms with Crippen molar-refractivity contribution in [2.24, 2.45) is 0 Å². The fourth-order valence-electron chi connectivity index (χ4n) is 1.26. The molecule has 2 aromatic rings. The molecule has 0 aliphatic heterocycles. The van der Waals surface area contributed by atoms with E-state index in [-0.39, 0.29) is 0 Å². The molecule has 0 bridgehead atoms. The minimum absolute atomic E-state index is 0.333. The molecule has 0 aromatic carbocycles. The molecule has 0 N–H and O–H groups in total. The van der Waals surface area contributed by atoms with Crippen LogP contribution in [0.5, 0.6) is 5.88 Å². The Morgan fingerprint density at radius 3 is 3.00 bits per heavy atom. The zero-order valence-corrected chi connectivity index (χ0v) is 10.4. The molecular formula is C12H8BrN3O. The SMILES string of the molecule is N#Cc1cc(Br)cnc1OCc1cccnc1. The molecule has 0 spiro atoms. The first kappa shape index (κ1) is 11.6. The van der Waals surface area contributed by atoms with Gasteiger partial charge in [-0.15, -0.1) is 0 Å². The largest absolute Gasteiger partial charge is 0.472 e. The lowest BCUT2D eigenvalue weighted by Crippen LogP contribution is -1.99. The van der Waals surface area contributed by atoms with Gasteiger partial charge in [0.25, 0.3) is 0 Å². The first-order chi connectivity index (χ1) is 8.29. The van der Waals surface area contributed by atoms with Gasteiger partial charge in [0.05, 0.1) is 0 Å². The average Bonchev–Trinajstić information content (AvgIpc) is 2.38. The maximum absolute atomic E-state index is 8.94. The van der Waals surface area contributed by atoms with Gasteiger partial charge in [0.1, 0.15) is 18.2 Å². The molecule has 84 valence electrons. The number of aromatic nitrogens is 2. The summed E-state index contributed by atoms with van der Waals surface area (Å²) in [6.45, 7) is 0.344. The fraction of sp³-hybridized carbons (Fsp3) is 0.0833. The highest BCUT2D eigenvalue weighted by Crippen LogP contribution is 2.19. The molecule has 0 saturated heterocycles. The van der Waals surface area contributed by atoms with Crippen LogP contribution >= 0.6 is 15.9 Å². The second-order valence-electron chi connectivity index (χ2n) is 3.27. The van der Waals surface area contributed by atoms with Crippen LogP contribution in [-0.2, 0) is 6.61 Å². The van der Waals surface area contributed by atoms with Crippen LogP contribution in [0, 0.1) is 11.3 Å². The van der Waals surface area contributed by atoms with Crippen LogP contribution in [0.2, 0.25) is 0 Å². The lowest BCUT2D eigenvalue weighted by atomic mass is 10.3. The van der Waals surface area contributed by atoms with Crippen LogP contribution in [-0.4, -0.2) is 9.97 Å². The van der Waals surface area contributed by atoms with Gasteiger partial charge < -0.3 is 4.74 Å². The predicted octanol–water partition coefficient (Wildman–Crippen LogP) is 2.69. The van der Waals surface area contributed by atoms with Crippen LogP contribution in [0.15, 0.2) is 41.3 Å². The normalized spacial score (nSPS) is 9.65. The van der Waals surface area contributed by atoms with Crippen LogP contribution in [0.1, 0.15) is 11.1 Å². The van der Waals surface area contributed by atoms with E-state index >= 15 is 0 Å². The lowest BCUT2D eigenvalue weighted by molar-refractivity contribution is 0.292. The van der Waals surface area contributed by atoms with Crippen molar-refractivity contribution in [1.82, 2.24) is 9.97 Å². The topological polar surface area (TPSA) is 58.8 Å². The number of rotatable bonds is 3. The average molecular weight is 290 g/mol. The Labute approximate surface area is 107 Å². The summed E-state index contributed by atoms with van der Waals surface area (Å²) >= 11 is 3.25. The summed E-state index contributed by atoms with van der Waals surface area (Å²) in [6.07, 6.45) is 5.01. The summed E-state index contributed by atoms with van der Waals surface area (Å²) in [5.74, 6) is 0.333. The molecule has 5 heteroatoms. The second-order valence-corrected chi connectivity index (χ2v) is 4.18. The molecule has 0 atom stereocenters. The van der Waals surface area contributed by atoms with E-state index in [1.54, 1.807) is 24.7 Å². The van der Waals surface area contributed by atoms with E-state index in [4.69, 9.17) is 10.00 Å². The zero-order valence-electron chi connectivity index (χ0n) is 8.80. The van der Waals surface area contributed by atoms with E-state index in [1.165, 1.54) is 0 Å². The smallest absolute Gasteiger partial charge is 0.232 e. The van der Waals surface area contributed by atoms with E-state index in [0.717, 1.165) is 10.0 Å². The number of pyridine rings is 2. The van der Waals surface area contributed by atoms with Crippen molar-refractivity contribution in [3.8, 4) is 11.9 Å². The summed E-state index contributed by atoms with van der Waals surface area (Å²) in [6, 6.07) is 7.44. The summed E-state index contributed by atoms with van der Waals surface area (Å²) < 4.78 is 6.23.